The highest BCUT2D eigenvalue weighted by molar-refractivity contribution is 5.84. The Bertz CT molecular complexity index is 454. The number of likely N-dealkylation sites (N-methyl/N-ethyl adjacent to an activating group) is 1. The maximum atomic E-state index is 12.2. The van der Waals surface area contributed by atoms with E-state index in [9.17, 15) is 9.59 Å². The smallest absolute Gasteiger partial charge is 0.309 e. The molecule has 1 aromatic rings. The number of hydrogen-bond acceptors (Lipinski definition) is 2. The SMILES string of the molecule is CCN(CCc1ccccc1)C(=O)CC(C)(C)C(=O)O. The van der Waals surface area contributed by atoms with Gasteiger partial charge in [0.05, 0.1) is 5.41 Å². The van der Waals surface area contributed by atoms with E-state index < -0.39 is 11.4 Å². The van der Waals surface area contributed by atoms with E-state index >= 15 is 0 Å². The lowest BCUT2D eigenvalue weighted by Crippen LogP contribution is -2.38. The van der Waals surface area contributed by atoms with Crippen molar-refractivity contribution in [3.05, 3.63) is 35.9 Å². The van der Waals surface area contributed by atoms with Gasteiger partial charge < -0.3 is 10.0 Å². The van der Waals surface area contributed by atoms with Crippen LogP contribution in [0.1, 0.15) is 32.8 Å². The molecule has 0 saturated heterocycles. The molecule has 0 fully saturated rings. The Morgan fingerprint density at radius 1 is 1.20 bits per heavy atom. The first-order valence-corrected chi connectivity index (χ1v) is 6.92. The normalized spacial score (nSPS) is 11.2. The molecule has 0 aliphatic heterocycles. The Hall–Kier alpha value is -1.84. The molecule has 0 aliphatic carbocycles. The van der Waals surface area contributed by atoms with E-state index in [2.05, 4.69) is 0 Å². The number of carboxylic acid groups (broad SMARTS) is 1. The molecular weight excluding hydrogens is 254 g/mol. The van der Waals surface area contributed by atoms with Crippen LogP contribution in [0.15, 0.2) is 30.3 Å². The van der Waals surface area contributed by atoms with Crippen LogP contribution in [-0.4, -0.2) is 35.0 Å². The molecule has 110 valence electrons. The van der Waals surface area contributed by atoms with Gasteiger partial charge in [0, 0.05) is 19.5 Å². The van der Waals surface area contributed by atoms with Gasteiger partial charge in [-0.2, -0.15) is 0 Å². The summed E-state index contributed by atoms with van der Waals surface area (Å²) in [5.74, 6) is -1.04. The highest BCUT2D eigenvalue weighted by Crippen LogP contribution is 2.21. The molecule has 0 aliphatic rings. The zero-order chi connectivity index (χ0) is 15.2. The van der Waals surface area contributed by atoms with Crippen molar-refractivity contribution in [2.24, 2.45) is 5.41 Å². The number of benzene rings is 1. The lowest BCUT2D eigenvalue weighted by Gasteiger charge is -2.25. The van der Waals surface area contributed by atoms with Gasteiger partial charge >= 0.3 is 5.97 Å². The summed E-state index contributed by atoms with van der Waals surface area (Å²) in [6.45, 7) is 6.30. The minimum Gasteiger partial charge on any atom is -0.481 e. The van der Waals surface area contributed by atoms with Gasteiger partial charge in [-0.25, -0.2) is 0 Å². The maximum Gasteiger partial charge on any atom is 0.309 e. The summed E-state index contributed by atoms with van der Waals surface area (Å²) >= 11 is 0. The molecular formula is C16H23NO3. The zero-order valence-electron chi connectivity index (χ0n) is 12.4. The number of amides is 1. The van der Waals surface area contributed by atoms with Crippen molar-refractivity contribution in [2.75, 3.05) is 13.1 Å². The van der Waals surface area contributed by atoms with Crippen LogP contribution in [0, 0.1) is 5.41 Å². The summed E-state index contributed by atoms with van der Waals surface area (Å²) < 4.78 is 0. The molecule has 1 N–H and O–H groups in total. The number of rotatable bonds is 7. The summed E-state index contributed by atoms with van der Waals surface area (Å²) in [4.78, 5) is 25.0. The van der Waals surface area contributed by atoms with E-state index in [1.54, 1.807) is 18.7 Å². The fraction of sp³-hybridized carbons (Fsp3) is 0.500. The van der Waals surface area contributed by atoms with Crippen LogP contribution in [0.2, 0.25) is 0 Å². The Labute approximate surface area is 120 Å². The van der Waals surface area contributed by atoms with E-state index in [0.717, 1.165) is 6.42 Å². The molecule has 1 amide bonds. The van der Waals surface area contributed by atoms with E-state index in [1.807, 2.05) is 37.3 Å². The predicted molar refractivity (Wildman–Crippen MR) is 78.4 cm³/mol. The van der Waals surface area contributed by atoms with E-state index in [1.165, 1.54) is 5.56 Å². The molecule has 4 nitrogen and oxygen atoms in total. The molecule has 0 unspecified atom stereocenters. The van der Waals surface area contributed by atoms with Crippen LogP contribution < -0.4 is 0 Å². The third-order valence-electron chi connectivity index (χ3n) is 3.42. The van der Waals surface area contributed by atoms with Gasteiger partial charge in [0.2, 0.25) is 5.91 Å². The van der Waals surface area contributed by atoms with Gasteiger partial charge in [-0.3, -0.25) is 9.59 Å². The Kier molecular flexibility index (Phi) is 5.74. The van der Waals surface area contributed by atoms with E-state index in [0.29, 0.717) is 13.1 Å². The van der Waals surface area contributed by atoms with Crippen molar-refractivity contribution in [2.45, 2.75) is 33.6 Å². The molecule has 1 rings (SSSR count). The van der Waals surface area contributed by atoms with Crippen LogP contribution in [0.4, 0.5) is 0 Å². The standard InChI is InChI=1S/C16H23NO3/c1-4-17(11-10-13-8-6-5-7-9-13)14(18)12-16(2,3)15(19)20/h5-9H,4,10-12H2,1-3H3,(H,19,20). The van der Waals surface area contributed by atoms with Crippen LogP contribution in [0.3, 0.4) is 0 Å². The highest BCUT2D eigenvalue weighted by Gasteiger charge is 2.31. The average Bonchev–Trinajstić information content (AvgIpc) is 2.40. The van der Waals surface area contributed by atoms with Gasteiger partial charge in [0.1, 0.15) is 0 Å². The summed E-state index contributed by atoms with van der Waals surface area (Å²) in [7, 11) is 0. The fourth-order valence-electron chi connectivity index (χ4n) is 1.93. The molecule has 0 aromatic heterocycles. The van der Waals surface area contributed by atoms with Crippen LogP contribution >= 0.6 is 0 Å². The minimum absolute atomic E-state index is 0.0327. The van der Waals surface area contributed by atoms with Gasteiger partial charge in [-0.05, 0) is 32.8 Å². The number of nitrogens with zero attached hydrogens (tertiary/aromatic N) is 1. The largest absolute Gasteiger partial charge is 0.481 e. The topological polar surface area (TPSA) is 57.6 Å². The third kappa shape index (κ3) is 4.68. The van der Waals surface area contributed by atoms with E-state index in [-0.39, 0.29) is 12.3 Å². The molecule has 0 saturated carbocycles. The van der Waals surface area contributed by atoms with Crippen LogP contribution in [0.25, 0.3) is 0 Å². The first kappa shape index (κ1) is 16.2. The molecule has 0 atom stereocenters. The molecule has 0 bridgehead atoms. The number of hydrogen-bond donors (Lipinski definition) is 1. The van der Waals surface area contributed by atoms with Crippen LogP contribution in [0.5, 0.6) is 0 Å². The first-order valence-electron chi connectivity index (χ1n) is 6.92. The van der Waals surface area contributed by atoms with Crippen molar-refractivity contribution in [3.63, 3.8) is 0 Å². The number of carbonyl (C=O) groups is 2. The second kappa shape index (κ2) is 7.08. The quantitative estimate of drug-likeness (QED) is 0.833. The number of aliphatic carboxylic acids is 1. The minimum atomic E-state index is -1.02. The predicted octanol–water partition coefficient (Wildman–Crippen LogP) is 2.58. The molecule has 20 heavy (non-hydrogen) atoms. The summed E-state index contributed by atoms with van der Waals surface area (Å²) in [6.07, 6.45) is 0.818. The number of carbonyl (C=O) groups excluding carboxylic acids is 1. The highest BCUT2D eigenvalue weighted by atomic mass is 16.4. The van der Waals surface area contributed by atoms with Crippen molar-refractivity contribution >= 4 is 11.9 Å². The Morgan fingerprint density at radius 3 is 2.30 bits per heavy atom. The first-order chi connectivity index (χ1) is 9.36. The van der Waals surface area contributed by atoms with Gasteiger partial charge in [0.15, 0.2) is 0 Å². The van der Waals surface area contributed by atoms with Crippen LogP contribution in [-0.2, 0) is 16.0 Å². The lowest BCUT2D eigenvalue weighted by atomic mass is 9.89. The second-order valence-electron chi connectivity index (χ2n) is 5.57. The fourth-order valence-corrected chi connectivity index (χ4v) is 1.93. The Balaban J connectivity index is 2.58. The molecule has 1 aromatic carbocycles. The molecule has 0 heterocycles. The van der Waals surface area contributed by atoms with E-state index in [4.69, 9.17) is 5.11 Å². The zero-order valence-corrected chi connectivity index (χ0v) is 12.4. The maximum absolute atomic E-state index is 12.2. The summed E-state index contributed by atoms with van der Waals surface area (Å²) in [5, 5.41) is 9.08. The van der Waals surface area contributed by atoms with Gasteiger partial charge in [0.25, 0.3) is 0 Å². The van der Waals surface area contributed by atoms with Crippen molar-refractivity contribution in [1.29, 1.82) is 0 Å². The molecule has 0 spiro atoms. The molecule has 0 radical (unpaired) electrons. The van der Waals surface area contributed by atoms with Crippen molar-refractivity contribution in [3.8, 4) is 0 Å². The summed E-state index contributed by atoms with van der Waals surface area (Å²) in [5.41, 5.74) is 0.160. The average molecular weight is 277 g/mol. The second-order valence-corrected chi connectivity index (χ2v) is 5.57. The summed E-state index contributed by atoms with van der Waals surface area (Å²) in [6, 6.07) is 9.96. The van der Waals surface area contributed by atoms with Crippen molar-refractivity contribution < 1.29 is 14.7 Å². The third-order valence-corrected chi connectivity index (χ3v) is 3.42. The Morgan fingerprint density at radius 2 is 1.80 bits per heavy atom. The monoisotopic (exact) mass is 277 g/mol. The molecule has 4 heteroatoms. The van der Waals surface area contributed by atoms with Crippen molar-refractivity contribution in [1.82, 2.24) is 4.90 Å². The number of carboxylic acids is 1. The van der Waals surface area contributed by atoms with Gasteiger partial charge in [-0.15, -0.1) is 0 Å². The lowest BCUT2D eigenvalue weighted by molar-refractivity contribution is -0.151. The van der Waals surface area contributed by atoms with Gasteiger partial charge in [-0.1, -0.05) is 30.3 Å².